The van der Waals surface area contributed by atoms with Crippen molar-refractivity contribution in [2.45, 2.75) is 123 Å². The van der Waals surface area contributed by atoms with E-state index in [0.29, 0.717) is 50.9 Å². The van der Waals surface area contributed by atoms with Gasteiger partial charge in [0, 0.05) is 127 Å². The number of imide groups is 2. The van der Waals surface area contributed by atoms with E-state index >= 15 is 28.8 Å². The fourth-order valence-electron chi connectivity index (χ4n) is 17.7. The first-order chi connectivity index (χ1) is 62.6. The second-order valence-electron chi connectivity index (χ2n) is 37.3. The Morgan fingerprint density at radius 3 is 1.04 bits per heavy atom. The predicted octanol–water partition coefficient (Wildman–Crippen LogP) is 21.5. The molecule has 17 rings (SSSR count). The number of furan rings is 2. The van der Waals surface area contributed by atoms with Crippen LogP contribution in [0.25, 0.3) is 87.0 Å². The molecule has 2 aromatic heterocycles. The number of fused-ring (bicyclic) bond motifs is 8. The molecule has 0 saturated carbocycles. The highest BCUT2D eigenvalue weighted by Crippen LogP contribution is 2.59. The lowest BCUT2D eigenvalue weighted by Crippen LogP contribution is -2.55. The highest BCUT2D eigenvalue weighted by molar-refractivity contribution is 6.61. The molecule has 2 N–H and O–H groups in total. The molecular weight excluding hydrogens is 1690 g/mol. The van der Waals surface area contributed by atoms with E-state index in [2.05, 4.69) is 93.7 Å². The second-order valence-corrected chi connectivity index (χ2v) is 43.1. The summed E-state index contributed by atoms with van der Waals surface area (Å²) in [5.41, 5.74) is 5.36. The highest BCUT2D eigenvalue weighted by atomic mass is 28.4. The molecule has 2 atom stereocenters. The maximum atomic E-state index is 17.2. The molecule has 0 radical (unpaired) electrons. The van der Waals surface area contributed by atoms with E-state index in [1.54, 1.807) is 42.5 Å². The van der Waals surface area contributed by atoms with Gasteiger partial charge in [-0.3, -0.25) is 38.6 Å². The molecule has 13 aromatic carbocycles. The van der Waals surface area contributed by atoms with Crippen molar-refractivity contribution in [1.82, 2.24) is 20.4 Å². The van der Waals surface area contributed by atoms with Gasteiger partial charge in [-0.25, -0.2) is 0 Å². The van der Waals surface area contributed by atoms with Gasteiger partial charge in [-0.05, 0) is 158 Å². The number of hydrogen-bond donors (Lipinski definition) is 2. The van der Waals surface area contributed by atoms with Crippen molar-refractivity contribution in [3.05, 3.63) is 262 Å². The van der Waals surface area contributed by atoms with Crippen molar-refractivity contribution >= 4 is 140 Å². The normalized spacial score (nSPS) is 14.1. The number of nitrogens with zero attached hydrogens (tertiary/aromatic N) is 2. The largest absolute Gasteiger partial charge is 0.527 e. The number of benzene rings is 13. The van der Waals surface area contributed by atoms with E-state index < -0.39 is 65.1 Å². The molecule has 0 spiro atoms. The maximum absolute atomic E-state index is 17.2. The first kappa shape index (κ1) is 90.2. The van der Waals surface area contributed by atoms with Crippen LogP contribution in [-0.4, -0.2) is 150 Å². The third-order valence-corrected chi connectivity index (χ3v) is 29.8. The number of amides is 6. The number of carbonyl (C=O) groups excluding carboxylic acids is 6. The molecule has 0 saturated heterocycles. The molecule has 0 bridgehead atoms. The molecular formula is C105H106N4O20Si2. The zero-order valence-corrected chi connectivity index (χ0v) is 78.8. The summed E-state index contributed by atoms with van der Waals surface area (Å²) in [6.45, 7) is 24.9. The van der Waals surface area contributed by atoms with Gasteiger partial charge in [-0.15, -0.1) is 0 Å². The van der Waals surface area contributed by atoms with Crippen LogP contribution in [0.3, 0.4) is 0 Å². The van der Waals surface area contributed by atoms with Gasteiger partial charge in [-0.2, -0.15) is 0 Å². The standard InChI is InChI=1S/C105H106N4O20Si2/c1-102(2,3)62-29-37-66(38-30-62)124-83-54-74-87-75(99(113)108(98(74)112)78(96(110)106-47-49-122-58-130(116-13,117-14)118-15)52-60-27-46-81-73(51-60)71-24-20-22-26-80(71)128-81)55-84(125-67-39-31-63(32-40-67)103(4,5)6)90-92-86(127-69-43-35-65(36-44-69)105(10,11)12)57-77-88-76(56-85(91(94(88)92)89(83)93(87)90)126-68-41-33-64(34-42-68)104(7,8)9)100(114)109(101(77)115)95(97(111)107-48-50-123-59-131(119-16,120-17)121-18)61-28-45-72-70-23-19-21-25-79(70)129-82(72)53-61/h19-46,51,53-57,78,95H,47-50,52,58-59H2,1-18H3,(H,106,110)(H,107,111). The van der Waals surface area contributed by atoms with Crippen LogP contribution in [0.1, 0.15) is 164 Å². The maximum Gasteiger partial charge on any atom is 0.527 e. The average Bonchev–Trinajstić information content (AvgIpc) is 1.03. The minimum atomic E-state index is -3.27. The van der Waals surface area contributed by atoms with Crippen molar-refractivity contribution in [3.63, 3.8) is 0 Å². The zero-order chi connectivity index (χ0) is 92.7. The molecule has 6 amide bonds. The summed E-state index contributed by atoms with van der Waals surface area (Å²) in [6.07, 6.45) is -0.324. The molecule has 674 valence electrons. The van der Waals surface area contributed by atoms with Crippen molar-refractivity contribution in [2.75, 3.05) is 81.4 Å². The molecule has 15 aromatic rings. The van der Waals surface area contributed by atoms with Gasteiger partial charge in [0.05, 0.1) is 35.5 Å². The topological polar surface area (TPSA) is 270 Å². The number of nitrogens with one attached hydrogen (secondary N) is 2. The van der Waals surface area contributed by atoms with E-state index in [0.717, 1.165) is 53.6 Å². The van der Waals surface area contributed by atoms with Gasteiger partial charge in [0.15, 0.2) is 0 Å². The Labute approximate surface area is 761 Å². The van der Waals surface area contributed by atoms with Crippen LogP contribution in [0.2, 0.25) is 0 Å². The van der Waals surface area contributed by atoms with Gasteiger partial charge in [-0.1, -0.05) is 186 Å². The highest BCUT2D eigenvalue weighted by Gasteiger charge is 2.48. The van der Waals surface area contributed by atoms with Gasteiger partial charge >= 0.3 is 17.6 Å². The lowest BCUT2D eigenvalue weighted by molar-refractivity contribution is -0.126. The summed E-state index contributed by atoms with van der Waals surface area (Å²) < 4.78 is 88.9. The molecule has 131 heavy (non-hydrogen) atoms. The smallest absolute Gasteiger partial charge is 0.457 e. The van der Waals surface area contributed by atoms with E-state index in [4.69, 9.17) is 63.8 Å². The fraction of sp³-hybridized carbons (Fsp3) is 0.295. The van der Waals surface area contributed by atoms with Crippen LogP contribution in [0, 0.1) is 0 Å². The number of rotatable bonds is 31. The van der Waals surface area contributed by atoms with Crippen molar-refractivity contribution < 1.29 is 92.6 Å². The SMILES string of the molecule is CO[Si](COCCNC(=O)C(Cc1ccc2oc3ccccc3c2c1)N1C(=O)c2cc(Oc3ccc(C(C)(C)C)cc3)c3c4c(Oc5ccc(C(C)(C)C)cc5)cc5c6c(cc(Oc7ccc(C(C)(C)C)cc7)c(c7c(Oc8ccc(C(C)(C)C)cc8)cc(c2c37)C1=O)c64)C(=O)N(C(C(=O)NCCOC[Si](OC)(OC)OC)c1ccc2c(c1)oc1ccccc12)C5=O)(OC)OC. The Morgan fingerprint density at radius 2 is 0.672 bits per heavy atom. The number of ether oxygens (including phenoxy) is 6. The number of hydrogen-bond acceptors (Lipinski definition) is 20. The van der Waals surface area contributed by atoms with Crippen molar-refractivity contribution in [3.8, 4) is 46.0 Å². The fourth-order valence-corrected chi connectivity index (χ4v) is 20.2. The van der Waals surface area contributed by atoms with E-state index in [9.17, 15) is 0 Å². The quantitative estimate of drug-likeness (QED) is 0.0134. The molecule has 0 fully saturated rings. The first-order valence-corrected chi connectivity index (χ1v) is 47.5. The Hall–Kier alpha value is -12.7. The van der Waals surface area contributed by atoms with E-state index in [1.165, 1.54) is 42.7 Å². The van der Waals surface area contributed by atoms with Crippen LogP contribution in [0.4, 0.5) is 0 Å². The van der Waals surface area contributed by atoms with Crippen LogP contribution >= 0.6 is 0 Å². The van der Waals surface area contributed by atoms with Crippen LogP contribution in [0.5, 0.6) is 46.0 Å². The Bertz CT molecular complexity index is 6730. The minimum Gasteiger partial charge on any atom is -0.457 e. The molecule has 2 aliphatic rings. The molecule has 26 heteroatoms. The predicted molar refractivity (Wildman–Crippen MR) is 508 cm³/mol. The van der Waals surface area contributed by atoms with Crippen LogP contribution in [0.15, 0.2) is 215 Å². The van der Waals surface area contributed by atoms with Gasteiger partial charge in [0.25, 0.3) is 23.6 Å². The third kappa shape index (κ3) is 16.9. The molecule has 24 nitrogen and oxygen atoms in total. The lowest BCUT2D eigenvalue weighted by atomic mass is 9.80. The molecule has 2 unspecified atom stereocenters. The van der Waals surface area contributed by atoms with Gasteiger partial charge < -0.3 is 74.4 Å². The minimum absolute atomic E-state index is 0.0274. The third-order valence-electron chi connectivity index (χ3n) is 25.0. The van der Waals surface area contributed by atoms with Crippen molar-refractivity contribution in [1.29, 1.82) is 0 Å². The molecule has 4 heterocycles. The van der Waals surface area contributed by atoms with E-state index in [1.807, 2.05) is 164 Å². The van der Waals surface area contributed by atoms with Gasteiger partial charge in [0.2, 0.25) is 11.8 Å². The van der Waals surface area contributed by atoms with Gasteiger partial charge in [0.1, 0.15) is 92.9 Å². The summed E-state index contributed by atoms with van der Waals surface area (Å²) in [4.78, 5) is 103. The zero-order valence-electron chi connectivity index (χ0n) is 76.8. The monoisotopic (exact) mass is 1800 g/mol. The summed E-state index contributed by atoms with van der Waals surface area (Å²) >= 11 is 0. The first-order valence-electron chi connectivity index (χ1n) is 43.7. The lowest BCUT2D eigenvalue weighted by Gasteiger charge is -2.36. The Morgan fingerprint density at radius 1 is 0.344 bits per heavy atom. The number of carbonyl (C=O) groups is 6. The second kappa shape index (κ2) is 35.2. The summed E-state index contributed by atoms with van der Waals surface area (Å²) in [5, 5.41) is 10.7. The average molecular weight is 1800 g/mol. The van der Waals surface area contributed by atoms with Crippen LogP contribution in [-0.2, 0) is 73.7 Å². The summed E-state index contributed by atoms with van der Waals surface area (Å²) in [6, 6.07) is 59.3. The Kier molecular flexibility index (Phi) is 24.2. The molecule has 0 aliphatic carbocycles. The van der Waals surface area contributed by atoms with E-state index in [-0.39, 0.29) is 161 Å². The Balaban J connectivity index is 0.962. The van der Waals surface area contributed by atoms with Crippen molar-refractivity contribution in [2.24, 2.45) is 0 Å². The molecule has 2 aliphatic heterocycles. The summed E-state index contributed by atoms with van der Waals surface area (Å²) in [5.74, 6) is -3.59. The number of para-hydroxylation sites is 2. The summed E-state index contributed by atoms with van der Waals surface area (Å²) in [7, 11) is 2.26. The van der Waals surface area contributed by atoms with Crippen LogP contribution < -0.4 is 29.6 Å².